The maximum atomic E-state index is 14.5. The molecule has 0 atom stereocenters. The van der Waals surface area contributed by atoms with E-state index in [0.717, 1.165) is 142 Å². The fourth-order valence-corrected chi connectivity index (χ4v) is 14.6. The summed E-state index contributed by atoms with van der Waals surface area (Å²) >= 11 is 0. The summed E-state index contributed by atoms with van der Waals surface area (Å²) in [4.78, 5) is 34.7. The molecule has 6 aliphatic rings. The van der Waals surface area contributed by atoms with Crippen LogP contribution in [0, 0.1) is 59.1 Å². The molecule has 8 rings (SSSR count). The van der Waals surface area contributed by atoms with Crippen LogP contribution in [0.2, 0.25) is 0 Å². The van der Waals surface area contributed by atoms with Crippen LogP contribution in [-0.4, -0.2) is 57.8 Å². The first-order chi connectivity index (χ1) is 39.2. The van der Waals surface area contributed by atoms with Gasteiger partial charge in [0.1, 0.15) is 24.8 Å². The quantitative estimate of drug-likeness (QED) is 0.0317. The largest absolute Gasteiger partial charge is 0.494 e. The predicted octanol–water partition coefficient (Wildman–Crippen LogP) is 19.1. The Balaban J connectivity index is 0.000000236. The van der Waals surface area contributed by atoms with Gasteiger partial charge in [-0.1, -0.05) is 116 Å². The lowest BCUT2D eigenvalue weighted by Crippen LogP contribution is -2.28. The Labute approximate surface area is 486 Å². The zero-order valence-electron chi connectivity index (χ0n) is 51.0. The molecule has 0 bridgehead atoms. The van der Waals surface area contributed by atoms with Crippen molar-refractivity contribution in [3.05, 3.63) is 65.0 Å². The first kappa shape index (κ1) is 65.0. The fourth-order valence-electron chi connectivity index (χ4n) is 14.6. The minimum atomic E-state index is -0.581. The van der Waals surface area contributed by atoms with Crippen molar-refractivity contribution >= 4 is 5.97 Å². The van der Waals surface area contributed by atoms with Crippen LogP contribution in [0.15, 0.2) is 42.5 Å². The lowest BCUT2D eigenvalue weighted by Gasteiger charge is -2.37. The van der Waals surface area contributed by atoms with E-state index in [1.807, 2.05) is 0 Å². The SMILES string of the molecule is CC1CCC(OOCc2ccc(C(=O)OCCCC3CCC(C4CCC(C)CC4)CC3)c(F)c2)CC1.COCCCCCCOC1CCC(CCCCCCOc2ccc(COOC3CCC(C4CCC(C)CC4)CC3)cc2)CC1. The lowest BCUT2D eigenvalue weighted by molar-refractivity contribution is -0.338. The van der Waals surface area contributed by atoms with Gasteiger partial charge in [-0.25, -0.2) is 28.7 Å². The predicted molar refractivity (Wildman–Crippen MR) is 320 cm³/mol. The Bertz CT molecular complexity index is 1900. The molecule has 0 N–H and O–H groups in total. The first-order valence-electron chi connectivity index (χ1n) is 33.5. The summed E-state index contributed by atoms with van der Waals surface area (Å²) in [6.07, 6.45) is 45.5. The topological polar surface area (TPSA) is 90.9 Å². The van der Waals surface area contributed by atoms with E-state index in [1.165, 1.54) is 179 Å². The zero-order chi connectivity index (χ0) is 56.0. The van der Waals surface area contributed by atoms with Crippen molar-refractivity contribution in [3.8, 4) is 5.75 Å². The van der Waals surface area contributed by atoms with Crippen molar-refractivity contribution in [2.75, 3.05) is 33.5 Å². The van der Waals surface area contributed by atoms with Gasteiger partial charge in [-0.05, 0) is 236 Å². The molecule has 10 heteroatoms. The summed E-state index contributed by atoms with van der Waals surface area (Å²) in [6, 6.07) is 12.9. The van der Waals surface area contributed by atoms with Crippen molar-refractivity contribution < 1.29 is 47.7 Å². The number of hydrogen-bond acceptors (Lipinski definition) is 9. The van der Waals surface area contributed by atoms with E-state index in [1.54, 1.807) is 13.2 Å². The number of ether oxygens (including phenoxy) is 4. The minimum absolute atomic E-state index is 0.0109. The second-order valence-electron chi connectivity index (χ2n) is 26.7. The molecule has 6 saturated carbocycles. The van der Waals surface area contributed by atoms with Crippen LogP contribution in [0.5, 0.6) is 5.75 Å². The van der Waals surface area contributed by atoms with Gasteiger partial charge in [-0.15, -0.1) is 0 Å². The van der Waals surface area contributed by atoms with Gasteiger partial charge < -0.3 is 18.9 Å². The Morgan fingerprint density at radius 3 is 1.45 bits per heavy atom. The molecule has 9 nitrogen and oxygen atoms in total. The number of benzene rings is 2. The monoisotopic (exact) mass is 1120 g/mol. The number of carbonyl (C=O) groups is 1. The summed E-state index contributed by atoms with van der Waals surface area (Å²) in [5.74, 6) is 7.87. The number of hydrogen-bond donors (Lipinski definition) is 0. The van der Waals surface area contributed by atoms with Crippen LogP contribution in [0.4, 0.5) is 4.39 Å². The maximum Gasteiger partial charge on any atom is 0.341 e. The van der Waals surface area contributed by atoms with E-state index in [0.29, 0.717) is 24.9 Å². The summed E-state index contributed by atoms with van der Waals surface area (Å²) in [6.45, 7) is 10.7. The average molecular weight is 1120 g/mol. The number of halogens is 1. The van der Waals surface area contributed by atoms with Crippen LogP contribution >= 0.6 is 0 Å². The average Bonchev–Trinajstić information content (AvgIpc) is 3.49. The van der Waals surface area contributed by atoms with E-state index < -0.39 is 11.8 Å². The van der Waals surface area contributed by atoms with Gasteiger partial charge in [0.15, 0.2) is 0 Å². The molecule has 0 heterocycles. The van der Waals surface area contributed by atoms with Gasteiger partial charge in [0.25, 0.3) is 0 Å². The number of methoxy groups -OCH3 is 1. The van der Waals surface area contributed by atoms with E-state index in [9.17, 15) is 9.18 Å². The molecule has 0 unspecified atom stereocenters. The van der Waals surface area contributed by atoms with Gasteiger partial charge in [-0.2, -0.15) is 0 Å². The third-order valence-corrected chi connectivity index (χ3v) is 20.2. The normalized spacial score (nSPS) is 29.3. The highest BCUT2D eigenvalue weighted by Gasteiger charge is 2.32. The summed E-state index contributed by atoms with van der Waals surface area (Å²) in [5, 5.41) is 0. The molecule has 6 fully saturated rings. The molecule has 454 valence electrons. The van der Waals surface area contributed by atoms with Crippen LogP contribution in [0.3, 0.4) is 0 Å². The second-order valence-corrected chi connectivity index (χ2v) is 26.7. The zero-order valence-corrected chi connectivity index (χ0v) is 51.0. The molecule has 0 spiro atoms. The van der Waals surface area contributed by atoms with Crippen molar-refractivity contribution in [2.24, 2.45) is 53.3 Å². The van der Waals surface area contributed by atoms with E-state index >= 15 is 0 Å². The minimum Gasteiger partial charge on any atom is -0.494 e. The number of esters is 1. The molecule has 6 aliphatic carbocycles. The van der Waals surface area contributed by atoms with Crippen molar-refractivity contribution in [1.82, 2.24) is 0 Å². The van der Waals surface area contributed by atoms with Gasteiger partial charge in [0.05, 0.1) is 37.1 Å². The van der Waals surface area contributed by atoms with Gasteiger partial charge in [0, 0.05) is 20.3 Å². The lowest BCUT2D eigenvalue weighted by atomic mass is 9.69. The van der Waals surface area contributed by atoms with Gasteiger partial charge >= 0.3 is 5.97 Å². The van der Waals surface area contributed by atoms with Crippen LogP contribution in [0.25, 0.3) is 0 Å². The molecule has 0 amide bonds. The Kier molecular flexibility index (Phi) is 30.6. The third-order valence-electron chi connectivity index (χ3n) is 20.2. The Hall–Kier alpha value is -2.60. The molecule has 0 aromatic heterocycles. The summed E-state index contributed by atoms with van der Waals surface area (Å²) in [5.41, 5.74) is 1.77. The summed E-state index contributed by atoms with van der Waals surface area (Å²) in [7, 11) is 1.78. The van der Waals surface area contributed by atoms with Crippen LogP contribution in [-0.2, 0) is 47.0 Å². The van der Waals surface area contributed by atoms with Crippen molar-refractivity contribution in [3.63, 3.8) is 0 Å². The number of rotatable bonds is 31. The molecule has 80 heavy (non-hydrogen) atoms. The molecular formula is C70H113FO9. The highest BCUT2D eigenvalue weighted by Crippen LogP contribution is 2.43. The molecular weight excluding hydrogens is 1000 g/mol. The second kappa shape index (κ2) is 37.7. The summed E-state index contributed by atoms with van der Waals surface area (Å²) < 4.78 is 37.2. The van der Waals surface area contributed by atoms with E-state index in [4.69, 9.17) is 38.5 Å². The first-order valence-corrected chi connectivity index (χ1v) is 33.5. The molecule has 2 aromatic rings. The van der Waals surface area contributed by atoms with Crippen LogP contribution < -0.4 is 4.74 Å². The molecule has 2 aromatic carbocycles. The molecule has 0 aliphatic heterocycles. The highest BCUT2D eigenvalue weighted by molar-refractivity contribution is 5.89. The number of carbonyl (C=O) groups excluding carboxylic acids is 1. The van der Waals surface area contributed by atoms with Gasteiger partial charge in [-0.3, -0.25) is 0 Å². The maximum absolute atomic E-state index is 14.5. The molecule has 0 saturated heterocycles. The fraction of sp³-hybridized carbons (Fsp3) is 0.814. The Morgan fingerprint density at radius 1 is 0.450 bits per heavy atom. The third kappa shape index (κ3) is 24.5. The van der Waals surface area contributed by atoms with Crippen molar-refractivity contribution in [2.45, 2.75) is 277 Å². The van der Waals surface area contributed by atoms with Crippen LogP contribution in [0.1, 0.15) is 267 Å². The Morgan fingerprint density at radius 2 is 0.887 bits per heavy atom. The van der Waals surface area contributed by atoms with Gasteiger partial charge in [0.2, 0.25) is 0 Å². The van der Waals surface area contributed by atoms with E-state index in [-0.39, 0.29) is 24.4 Å². The van der Waals surface area contributed by atoms with Crippen molar-refractivity contribution in [1.29, 1.82) is 0 Å². The van der Waals surface area contributed by atoms with E-state index in [2.05, 4.69) is 45.0 Å². The highest BCUT2D eigenvalue weighted by atomic mass is 19.1. The number of unbranched alkanes of at least 4 members (excludes halogenated alkanes) is 6. The smallest absolute Gasteiger partial charge is 0.341 e. The standard InChI is InChI=1S/C39H66O5.C31H47FO4/c1-32-12-18-35(19-13-32)36-20-26-39(27-21-36)44-43-31-34-16-24-38(25-17-34)42-29-9-4-3-7-11-33-14-22-37(23-15-33)41-30-10-6-5-8-28-40-2;1-22-5-12-26(13-6-22)27-14-9-24(10-15-27)4-3-19-34-31(33)29-18-11-25(20-30(29)32)21-35-36-28-16-7-23(2)8-17-28/h16-17,24-25,32-33,35-37,39H,3-15,18-23,26-31H2,1-2H3;11,18,20,22-24,26-28H,3-10,12-17,19,21H2,1-2H3. The molecule has 0 radical (unpaired) electrons.